The minimum Gasteiger partial charge on any atom is -0.478 e. The van der Waals surface area contributed by atoms with Crippen molar-refractivity contribution < 1.29 is 9.47 Å². The van der Waals surface area contributed by atoms with E-state index >= 15 is 0 Å². The molecular formula is C13H23N3O2. The lowest BCUT2D eigenvalue weighted by atomic mass is 10.3. The first-order chi connectivity index (χ1) is 8.80. The average Bonchev–Trinajstić information content (AvgIpc) is 2.41. The SMILES string of the molecule is CCCCCOc1cc(NC)nc(COCC)n1. The standard InChI is InChI=1S/C13H23N3O2/c1-4-6-7-8-18-13-9-11(14-3)15-12(16-13)10-17-5-2/h9H,4-8,10H2,1-3H3,(H,14,15,16). The number of anilines is 1. The third-order valence-corrected chi connectivity index (χ3v) is 2.44. The van der Waals surface area contributed by atoms with E-state index in [9.17, 15) is 0 Å². The van der Waals surface area contributed by atoms with Crippen LogP contribution in [0.3, 0.4) is 0 Å². The van der Waals surface area contributed by atoms with Gasteiger partial charge >= 0.3 is 0 Å². The van der Waals surface area contributed by atoms with E-state index < -0.39 is 0 Å². The van der Waals surface area contributed by atoms with Crippen molar-refractivity contribution in [1.82, 2.24) is 9.97 Å². The Balaban J connectivity index is 2.58. The van der Waals surface area contributed by atoms with Crippen molar-refractivity contribution in [3.63, 3.8) is 0 Å². The van der Waals surface area contributed by atoms with E-state index in [0.717, 1.165) is 12.2 Å². The highest BCUT2D eigenvalue weighted by atomic mass is 16.5. The minimum absolute atomic E-state index is 0.414. The molecule has 0 fully saturated rings. The Labute approximate surface area is 109 Å². The average molecular weight is 253 g/mol. The van der Waals surface area contributed by atoms with E-state index in [0.29, 0.717) is 31.5 Å². The smallest absolute Gasteiger partial charge is 0.218 e. The van der Waals surface area contributed by atoms with Crippen molar-refractivity contribution in [3.8, 4) is 5.88 Å². The van der Waals surface area contributed by atoms with Crippen LogP contribution in [0, 0.1) is 0 Å². The molecule has 0 radical (unpaired) electrons. The first-order valence-corrected chi connectivity index (χ1v) is 6.56. The van der Waals surface area contributed by atoms with E-state index in [1.807, 2.05) is 14.0 Å². The van der Waals surface area contributed by atoms with Crippen LogP contribution in [0.4, 0.5) is 5.82 Å². The molecule has 5 nitrogen and oxygen atoms in total. The Morgan fingerprint density at radius 3 is 2.72 bits per heavy atom. The monoisotopic (exact) mass is 253 g/mol. The number of nitrogens with one attached hydrogen (secondary N) is 1. The second-order valence-corrected chi connectivity index (χ2v) is 3.95. The van der Waals surface area contributed by atoms with Crippen LogP contribution in [0.5, 0.6) is 5.88 Å². The number of hydrogen-bond donors (Lipinski definition) is 1. The zero-order valence-corrected chi connectivity index (χ0v) is 11.5. The van der Waals surface area contributed by atoms with Crippen LogP contribution in [0.1, 0.15) is 38.9 Å². The summed E-state index contributed by atoms with van der Waals surface area (Å²) >= 11 is 0. The van der Waals surface area contributed by atoms with Gasteiger partial charge in [-0.3, -0.25) is 0 Å². The maximum atomic E-state index is 5.62. The lowest BCUT2D eigenvalue weighted by Gasteiger charge is -2.09. The van der Waals surface area contributed by atoms with E-state index in [2.05, 4.69) is 22.2 Å². The second-order valence-electron chi connectivity index (χ2n) is 3.95. The number of aromatic nitrogens is 2. The van der Waals surface area contributed by atoms with Gasteiger partial charge in [0.15, 0.2) is 5.82 Å². The third-order valence-electron chi connectivity index (χ3n) is 2.44. The molecule has 0 saturated heterocycles. The van der Waals surface area contributed by atoms with Crippen LogP contribution in [-0.4, -0.2) is 30.2 Å². The Hall–Kier alpha value is -1.36. The molecule has 0 saturated carbocycles. The van der Waals surface area contributed by atoms with Gasteiger partial charge in [-0.1, -0.05) is 19.8 Å². The van der Waals surface area contributed by atoms with Crippen LogP contribution in [0.15, 0.2) is 6.07 Å². The molecule has 0 bridgehead atoms. The molecule has 1 N–H and O–H groups in total. The topological polar surface area (TPSA) is 56.3 Å². The van der Waals surface area contributed by atoms with E-state index in [1.54, 1.807) is 6.07 Å². The highest BCUT2D eigenvalue weighted by Crippen LogP contribution is 2.14. The summed E-state index contributed by atoms with van der Waals surface area (Å²) in [6.07, 6.45) is 3.41. The molecule has 0 unspecified atom stereocenters. The van der Waals surface area contributed by atoms with Crippen molar-refractivity contribution in [2.45, 2.75) is 39.7 Å². The summed E-state index contributed by atoms with van der Waals surface area (Å²) in [5, 5.41) is 3.00. The van der Waals surface area contributed by atoms with Gasteiger partial charge in [0, 0.05) is 19.7 Å². The van der Waals surface area contributed by atoms with Gasteiger partial charge in [0.1, 0.15) is 12.4 Å². The lowest BCUT2D eigenvalue weighted by molar-refractivity contribution is 0.127. The largest absolute Gasteiger partial charge is 0.478 e. The quantitative estimate of drug-likeness (QED) is 0.686. The van der Waals surface area contributed by atoms with Gasteiger partial charge in [-0.05, 0) is 13.3 Å². The second kappa shape index (κ2) is 8.69. The zero-order valence-electron chi connectivity index (χ0n) is 11.5. The van der Waals surface area contributed by atoms with Gasteiger partial charge < -0.3 is 14.8 Å². The Kier molecular flexibility index (Phi) is 7.10. The van der Waals surface area contributed by atoms with Crippen LogP contribution in [-0.2, 0) is 11.3 Å². The molecule has 0 spiro atoms. The first kappa shape index (κ1) is 14.7. The lowest BCUT2D eigenvalue weighted by Crippen LogP contribution is -2.06. The summed E-state index contributed by atoms with van der Waals surface area (Å²) < 4.78 is 10.9. The molecule has 18 heavy (non-hydrogen) atoms. The highest BCUT2D eigenvalue weighted by molar-refractivity contribution is 5.37. The van der Waals surface area contributed by atoms with Gasteiger partial charge in [0.05, 0.1) is 6.61 Å². The maximum Gasteiger partial charge on any atom is 0.218 e. The summed E-state index contributed by atoms with van der Waals surface area (Å²) in [6.45, 7) is 5.88. The van der Waals surface area contributed by atoms with E-state index in [1.165, 1.54) is 12.8 Å². The molecule has 0 aliphatic rings. The minimum atomic E-state index is 0.414. The van der Waals surface area contributed by atoms with Crippen molar-refractivity contribution >= 4 is 5.82 Å². The van der Waals surface area contributed by atoms with Crippen LogP contribution in [0.25, 0.3) is 0 Å². The summed E-state index contributed by atoms with van der Waals surface area (Å²) in [6, 6.07) is 1.81. The van der Waals surface area contributed by atoms with E-state index in [-0.39, 0.29) is 0 Å². The molecule has 0 aromatic carbocycles. The Bertz CT molecular complexity index is 345. The van der Waals surface area contributed by atoms with Crippen LogP contribution >= 0.6 is 0 Å². The molecule has 1 rings (SSSR count). The molecule has 1 heterocycles. The zero-order chi connectivity index (χ0) is 13.2. The summed E-state index contributed by atoms with van der Waals surface area (Å²) in [5.74, 6) is 2.01. The molecule has 1 aromatic rings. The summed E-state index contributed by atoms with van der Waals surface area (Å²) in [7, 11) is 1.83. The highest BCUT2D eigenvalue weighted by Gasteiger charge is 2.04. The number of unbranched alkanes of at least 4 members (excludes halogenated alkanes) is 2. The molecule has 0 aliphatic carbocycles. The van der Waals surface area contributed by atoms with Gasteiger partial charge in [-0.15, -0.1) is 0 Å². The first-order valence-electron chi connectivity index (χ1n) is 6.56. The van der Waals surface area contributed by atoms with Crippen LogP contribution in [0.2, 0.25) is 0 Å². The normalized spacial score (nSPS) is 10.4. The summed E-state index contributed by atoms with van der Waals surface area (Å²) in [4.78, 5) is 8.62. The number of rotatable bonds is 9. The Morgan fingerprint density at radius 2 is 2.06 bits per heavy atom. The third kappa shape index (κ3) is 5.31. The predicted molar refractivity (Wildman–Crippen MR) is 71.9 cm³/mol. The van der Waals surface area contributed by atoms with Crippen molar-refractivity contribution in [2.75, 3.05) is 25.6 Å². The summed E-state index contributed by atoms with van der Waals surface area (Å²) in [5.41, 5.74) is 0. The van der Waals surface area contributed by atoms with Gasteiger partial charge in [0.2, 0.25) is 5.88 Å². The van der Waals surface area contributed by atoms with Crippen molar-refractivity contribution in [1.29, 1.82) is 0 Å². The molecule has 0 aliphatic heterocycles. The molecule has 0 amide bonds. The molecule has 0 atom stereocenters. The molecule has 1 aromatic heterocycles. The fourth-order valence-electron chi connectivity index (χ4n) is 1.46. The number of ether oxygens (including phenoxy) is 2. The number of nitrogens with zero attached hydrogens (tertiary/aromatic N) is 2. The van der Waals surface area contributed by atoms with Gasteiger partial charge in [-0.2, -0.15) is 4.98 Å². The molecular weight excluding hydrogens is 230 g/mol. The van der Waals surface area contributed by atoms with Crippen molar-refractivity contribution in [2.24, 2.45) is 0 Å². The fourth-order valence-corrected chi connectivity index (χ4v) is 1.46. The molecule has 5 heteroatoms. The van der Waals surface area contributed by atoms with Crippen molar-refractivity contribution in [3.05, 3.63) is 11.9 Å². The van der Waals surface area contributed by atoms with E-state index in [4.69, 9.17) is 9.47 Å². The molecule has 102 valence electrons. The van der Waals surface area contributed by atoms with Crippen LogP contribution < -0.4 is 10.1 Å². The van der Waals surface area contributed by atoms with Gasteiger partial charge in [-0.25, -0.2) is 4.98 Å². The predicted octanol–water partition coefficient (Wildman–Crippen LogP) is 2.62. The Morgan fingerprint density at radius 1 is 1.22 bits per heavy atom. The maximum absolute atomic E-state index is 5.62. The fraction of sp³-hybridized carbons (Fsp3) is 0.692. The number of hydrogen-bond acceptors (Lipinski definition) is 5. The van der Waals surface area contributed by atoms with Gasteiger partial charge in [0.25, 0.3) is 0 Å².